The van der Waals surface area contributed by atoms with E-state index in [4.69, 9.17) is 4.98 Å². The Kier molecular flexibility index (Phi) is 5.56. The zero-order chi connectivity index (χ0) is 24.0. The van der Waals surface area contributed by atoms with Crippen LogP contribution >= 0.6 is 0 Å². The van der Waals surface area contributed by atoms with Crippen LogP contribution in [0.1, 0.15) is 35.5 Å². The van der Waals surface area contributed by atoms with Gasteiger partial charge in [-0.3, -0.25) is 4.79 Å². The Labute approximate surface area is 198 Å². The predicted octanol–water partition coefficient (Wildman–Crippen LogP) is 3.42. The molecule has 2 aromatic heterocycles. The number of aromatic nitrogens is 3. The summed E-state index contributed by atoms with van der Waals surface area (Å²) >= 11 is 0. The number of halogens is 1. The van der Waals surface area contributed by atoms with Crippen LogP contribution in [0.2, 0.25) is 0 Å². The highest BCUT2D eigenvalue weighted by Gasteiger charge is 2.43. The average Bonchev–Trinajstić information content (AvgIpc) is 3.38. The number of aryl methyl sites for hydroxylation is 1. The zero-order valence-electron chi connectivity index (χ0n) is 19.6. The van der Waals surface area contributed by atoms with Gasteiger partial charge in [-0.2, -0.15) is 0 Å². The molecule has 0 unspecified atom stereocenters. The van der Waals surface area contributed by atoms with E-state index in [0.29, 0.717) is 30.2 Å². The van der Waals surface area contributed by atoms with Crippen molar-refractivity contribution in [3.63, 3.8) is 0 Å². The summed E-state index contributed by atoms with van der Waals surface area (Å²) in [5, 5.41) is 10.4. The first-order chi connectivity index (χ1) is 16.2. The lowest BCUT2D eigenvalue weighted by atomic mass is 10.0. The van der Waals surface area contributed by atoms with Gasteiger partial charge in [-0.1, -0.05) is 12.1 Å². The Morgan fingerprint density at radius 2 is 1.74 bits per heavy atom. The minimum absolute atomic E-state index is 0.0284. The number of likely N-dealkylation sites (tertiary alicyclic amines) is 1. The summed E-state index contributed by atoms with van der Waals surface area (Å²) in [6.45, 7) is 8.13. The fraction of sp³-hybridized carbons (Fsp3) is 0.385. The Bertz CT molecular complexity index is 1210. The van der Waals surface area contributed by atoms with Crippen molar-refractivity contribution in [1.82, 2.24) is 19.9 Å². The second-order valence-electron chi connectivity index (χ2n) is 9.82. The fourth-order valence-corrected chi connectivity index (χ4v) is 4.99. The van der Waals surface area contributed by atoms with Gasteiger partial charge in [-0.15, -0.1) is 0 Å². The molecule has 0 radical (unpaired) electrons. The molecule has 0 spiro atoms. The summed E-state index contributed by atoms with van der Waals surface area (Å²) in [5.41, 5.74) is 1.12. The molecule has 2 aliphatic rings. The van der Waals surface area contributed by atoms with Gasteiger partial charge >= 0.3 is 0 Å². The second-order valence-corrected chi connectivity index (χ2v) is 9.82. The molecule has 1 N–H and O–H groups in total. The molecule has 2 saturated heterocycles. The Balaban J connectivity index is 1.34. The molecule has 176 valence electrons. The van der Waals surface area contributed by atoms with E-state index in [1.165, 1.54) is 6.07 Å². The number of carbonyl (C=O) groups is 1. The lowest BCUT2D eigenvalue weighted by Crippen LogP contribution is -2.34. The van der Waals surface area contributed by atoms with Crippen LogP contribution in [-0.4, -0.2) is 57.0 Å². The molecule has 0 aliphatic carbocycles. The molecule has 5 rings (SSSR count). The van der Waals surface area contributed by atoms with Crippen molar-refractivity contribution in [2.45, 2.75) is 26.4 Å². The summed E-state index contributed by atoms with van der Waals surface area (Å²) in [5.74, 6) is 0.863. The molecular formula is C26H28FN5O2. The molecule has 8 heteroatoms. The first kappa shape index (κ1) is 22.4. The number of rotatable bonds is 4. The SMILES string of the molecule is Cc1cc(N2C[C@H]3CN(C(=O)c4c(F)cccc4-c4ncccn4)C[C@H]3C2)nc(C(C)(C)O)c1. The third kappa shape index (κ3) is 4.14. The number of carbonyl (C=O) groups excluding carboxylic acids is 1. The molecule has 0 bridgehead atoms. The van der Waals surface area contributed by atoms with Crippen molar-refractivity contribution in [2.24, 2.45) is 11.8 Å². The zero-order valence-corrected chi connectivity index (χ0v) is 19.6. The number of anilines is 1. The highest BCUT2D eigenvalue weighted by molar-refractivity contribution is 6.00. The first-order valence-electron chi connectivity index (χ1n) is 11.5. The Hall–Kier alpha value is -3.39. The maximum atomic E-state index is 14.8. The largest absolute Gasteiger partial charge is 0.384 e. The van der Waals surface area contributed by atoms with Crippen molar-refractivity contribution in [2.75, 3.05) is 31.1 Å². The summed E-state index contributed by atoms with van der Waals surface area (Å²) in [7, 11) is 0. The van der Waals surface area contributed by atoms with Crippen LogP contribution in [0.5, 0.6) is 0 Å². The van der Waals surface area contributed by atoms with Crippen molar-refractivity contribution in [3.05, 3.63) is 71.4 Å². The van der Waals surface area contributed by atoms with Crippen molar-refractivity contribution >= 4 is 11.7 Å². The third-order valence-electron chi connectivity index (χ3n) is 6.71. The quantitative estimate of drug-likeness (QED) is 0.641. The highest BCUT2D eigenvalue weighted by Crippen LogP contribution is 2.36. The van der Waals surface area contributed by atoms with E-state index >= 15 is 0 Å². The topological polar surface area (TPSA) is 82.5 Å². The minimum Gasteiger partial charge on any atom is -0.384 e. The standard InChI is InChI=1S/C26H28FN5O2/c1-16-10-21(26(2,3)34)30-22(11-16)31-12-17-14-32(15-18(17)13-31)25(33)23-19(6-4-7-20(23)27)24-28-8-5-9-29-24/h4-11,17-18,34H,12-15H2,1-3H3/t17-,18+. The Morgan fingerprint density at radius 1 is 1.06 bits per heavy atom. The molecule has 7 nitrogen and oxygen atoms in total. The summed E-state index contributed by atoms with van der Waals surface area (Å²) in [4.78, 5) is 30.5. The normalized spacial score (nSPS) is 20.0. The van der Waals surface area contributed by atoms with Gasteiger partial charge in [0.2, 0.25) is 0 Å². The van der Waals surface area contributed by atoms with Crippen LogP contribution < -0.4 is 4.90 Å². The van der Waals surface area contributed by atoms with E-state index < -0.39 is 11.4 Å². The van der Waals surface area contributed by atoms with Crippen LogP contribution in [0.4, 0.5) is 10.2 Å². The maximum Gasteiger partial charge on any atom is 0.257 e. The van der Waals surface area contributed by atoms with Crippen LogP contribution in [-0.2, 0) is 5.60 Å². The number of hydrogen-bond acceptors (Lipinski definition) is 6. The van der Waals surface area contributed by atoms with Crippen LogP contribution in [0, 0.1) is 24.6 Å². The van der Waals surface area contributed by atoms with E-state index in [1.807, 2.05) is 19.1 Å². The van der Waals surface area contributed by atoms with Gasteiger partial charge in [-0.25, -0.2) is 19.3 Å². The number of hydrogen-bond donors (Lipinski definition) is 1. The molecule has 3 aromatic rings. The maximum absolute atomic E-state index is 14.8. The third-order valence-corrected chi connectivity index (χ3v) is 6.71. The van der Waals surface area contributed by atoms with E-state index in [0.717, 1.165) is 24.5 Å². The average molecular weight is 462 g/mol. The van der Waals surface area contributed by atoms with Crippen molar-refractivity contribution in [1.29, 1.82) is 0 Å². The van der Waals surface area contributed by atoms with Gasteiger partial charge in [0.05, 0.1) is 11.3 Å². The van der Waals surface area contributed by atoms with Gasteiger partial charge < -0.3 is 14.9 Å². The number of pyridine rings is 1. The second kappa shape index (κ2) is 8.43. The summed E-state index contributed by atoms with van der Waals surface area (Å²) in [6, 6.07) is 10.2. The lowest BCUT2D eigenvalue weighted by Gasteiger charge is -2.25. The van der Waals surface area contributed by atoms with Crippen molar-refractivity contribution in [3.8, 4) is 11.4 Å². The molecule has 2 atom stereocenters. The van der Waals surface area contributed by atoms with Gasteiger partial charge in [-0.05, 0) is 50.6 Å². The molecule has 2 aliphatic heterocycles. The van der Waals surface area contributed by atoms with E-state index in [-0.39, 0.29) is 23.3 Å². The smallest absolute Gasteiger partial charge is 0.257 e. The van der Waals surface area contributed by atoms with E-state index in [9.17, 15) is 14.3 Å². The van der Waals surface area contributed by atoms with Gasteiger partial charge in [0.1, 0.15) is 17.2 Å². The van der Waals surface area contributed by atoms with E-state index in [2.05, 4.69) is 14.9 Å². The molecule has 0 saturated carbocycles. The van der Waals surface area contributed by atoms with Gasteiger partial charge in [0.25, 0.3) is 5.91 Å². The summed E-state index contributed by atoms with van der Waals surface area (Å²) < 4.78 is 14.8. The van der Waals surface area contributed by atoms with Gasteiger partial charge in [0, 0.05) is 56.0 Å². The number of aliphatic hydroxyl groups is 1. The minimum atomic E-state index is -1.01. The molecule has 1 aromatic carbocycles. The van der Waals surface area contributed by atoms with E-state index in [1.54, 1.807) is 49.3 Å². The highest BCUT2D eigenvalue weighted by atomic mass is 19.1. The molecule has 4 heterocycles. The number of benzene rings is 1. The van der Waals surface area contributed by atoms with Crippen molar-refractivity contribution < 1.29 is 14.3 Å². The fourth-order valence-electron chi connectivity index (χ4n) is 4.99. The number of amides is 1. The van der Waals surface area contributed by atoms with Crippen LogP contribution in [0.15, 0.2) is 48.8 Å². The number of fused-ring (bicyclic) bond motifs is 1. The van der Waals surface area contributed by atoms with Crippen LogP contribution in [0.25, 0.3) is 11.4 Å². The first-order valence-corrected chi connectivity index (χ1v) is 11.5. The molecule has 1 amide bonds. The molecular weight excluding hydrogens is 433 g/mol. The molecule has 34 heavy (non-hydrogen) atoms. The van der Waals surface area contributed by atoms with Gasteiger partial charge in [0.15, 0.2) is 5.82 Å². The summed E-state index contributed by atoms with van der Waals surface area (Å²) in [6.07, 6.45) is 3.16. The molecule has 2 fully saturated rings. The Morgan fingerprint density at radius 3 is 2.38 bits per heavy atom. The lowest BCUT2D eigenvalue weighted by molar-refractivity contribution is 0.0737. The predicted molar refractivity (Wildman–Crippen MR) is 127 cm³/mol. The van der Waals surface area contributed by atoms with Crippen LogP contribution in [0.3, 0.4) is 0 Å². The monoisotopic (exact) mass is 461 g/mol. The number of nitrogens with zero attached hydrogens (tertiary/aromatic N) is 5.